The highest BCUT2D eigenvalue weighted by atomic mass is 32.2. The number of thioether (sulfide) groups is 1. The lowest BCUT2D eigenvalue weighted by molar-refractivity contribution is 0.0730. The first-order chi connectivity index (χ1) is 16.0. The van der Waals surface area contributed by atoms with Crippen LogP contribution in [0.4, 0.5) is 4.39 Å². The summed E-state index contributed by atoms with van der Waals surface area (Å²) in [5, 5.41) is 0.727. The van der Waals surface area contributed by atoms with Crippen molar-refractivity contribution in [3.8, 4) is 0 Å². The molecule has 0 N–H and O–H groups in total. The molecule has 3 aromatic rings. The molecular formula is C23H26FN3O4S2. The lowest BCUT2D eigenvalue weighted by Gasteiger charge is -2.26. The standard InChI is InChI=1S/C23H26FN3O4S2/c24-20-6-2-1-4-17(20)16-32-23-25-21-14-19(33(28,29)26-9-12-30-13-10-26)7-8-22(21)27(23)15-18-5-3-11-31-18/h1-2,4,6-8,14,18H,3,5,9-13,15-16H2/t18-/m1/s1. The van der Waals surface area contributed by atoms with Crippen molar-refractivity contribution in [1.82, 2.24) is 13.9 Å². The summed E-state index contributed by atoms with van der Waals surface area (Å²) in [5.41, 5.74) is 2.06. The maximum atomic E-state index is 14.1. The van der Waals surface area contributed by atoms with Gasteiger partial charge in [-0.2, -0.15) is 4.31 Å². The van der Waals surface area contributed by atoms with E-state index < -0.39 is 10.0 Å². The fourth-order valence-corrected chi connectivity index (χ4v) is 6.66. The predicted molar refractivity (Wildman–Crippen MR) is 124 cm³/mol. The lowest BCUT2D eigenvalue weighted by Crippen LogP contribution is -2.40. The summed E-state index contributed by atoms with van der Waals surface area (Å²) in [5.74, 6) is 0.186. The molecule has 7 nitrogen and oxygen atoms in total. The number of halogens is 1. The molecule has 0 amide bonds. The quantitative estimate of drug-likeness (QED) is 0.470. The number of fused-ring (bicyclic) bond motifs is 1. The smallest absolute Gasteiger partial charge is 0.243 e. The molecule has 3 heterocycles. The van der Waals surface area contributed by atoms with Crippen molar-refractivity contribution >= 4 is 32.8 Å². The molecular weight excluding hydrogens is 465 g/mol. The van der Waals surface area contributed by atoms with Crippen molar-refractivity contribution in [1.29, 1.82) is 0 Å². The Balaban J connectivity index is 1.48. The number of ether oxygens (including phenoxy) is 2. The molecule has 0 saturated carbocycles. The molecule has 2 fully saturated rings. The number of aromatic nitrogens is 2. The van der Waals surface area contributed by atoms with E-state index >= 15 is 0 Å². The Kier molecular flexibility index (Phi) is 6.71. The van der Waals surface area contributed by atoms with Crippen LogP contribution in [0.25, 0.3) is 11.0 Å². The van der Waals surface area contributed by atoms with Gasteiger partial charge in [-0.25, -0.2) is 17.8 Å². The van der Waals surface area contributed by atoms with Crippen LogP contribution in [0, 0.1) is 5.82 Å². The van der Waals surface area contributed by atoms with E-state index in [0.29, 0.717) is 49.7 Å². The molecule has 1 aromatic heterocycles. The number of sulfonamides is 1. The second-order valence-corrected chi connectivity index (χ2v) is 11.1. The number of rotatable bonds is 7. The number of hydrogen-bond donors (Lipinski definition) is 0. The zero-order valence-electron chi connectivity index (χ0n) is 18.2. The zero-order valence-corrected chi connectivity index (χ0v) is 19.8. The first-order valence-electron chi connectivity index (χ1n) is 11.1. The molecule has 5 rings (SSSR count). The first-order valence-corrected chi connectivity index (χ1v) is 13.5. The largest absolute Gasteiger partial charge is 0.379 e. The lowest BCUT2D eigenvalue weighted by atomic mass is 10.2. The van der Waals surface area contributed by atoms with Crippen LogP contribution >= 0.6 is 11.8 Å². The van der Waals surface area contributed by atoms with E-state index in [1.165, 1.54) is 22.1 Å². The van der Waals surface area contributed by atoms with Crippen LogP contribution in [0.3, 0.4) is 0 Å². The van der Waals surface area contributed by atoms with Crippen molar-refractivity contribution in [3.05, 3.63) is 53.8 Å². The minimum absolute atomic E-state index is 0.0898. The van der Waals surface area contributed by atoms with Gasteiger partial charge < -0.3 is 14.0 Å². The van der Waals surface area contributed by atoms with Gasteiger partial charge in [0.15, 0.2) is 5.16 Å². The molecule has 0 unspecified atom stereocenters. The van der Waals surface area contributed by atoms with Crippen LogP contribution in [-0.2, 0) is 31.8 Å². The minimum Gasteiger partial charge on any atom is -0.379 e. The van der Waals surface area contributed by atoms with Gasteiger partial charge in [0.05, 0.1) is 41.8 Å². The molecule has 0 bridgehead atoms. The summed E-state index contributed by atoms with van der Waals surface area (Å²) in [6.07, 6.45) is 2.09. The average molecular weight is 492 g/mol. The molecule has 33 heavy (non-hydrogen) atoms. The van der Waals surface area contributed by atoms with Crippen LogP contribution in [0.2, 0.25) is 0 Å². The Morgan fingerprint density at radius 2 is 1.94 bits per heavy atom. The Bertz CT molecular complexity index is 1240. The van der Waals surface area contributed by atoms with Crippen LogP contribution < -0.4 is 0 Å². The van der Waals surface area contributed by atoms with Crippen molar-refractivity contribution < 1.29 is 22.3 Å². The Labute approximate surface area is 196 Å². The van der Waals surface area contributed by atoms with E-state index in [1.807, 2.05) is 12.1 Å². The zero-order chi connectivity index (χ0) is 22.8. The van der Waals surface area contributed by atoms with E-state index in [4.69, 9.17) is 14.5 Å². The van der Waals surface area contributed by atoms with E-state index in [2.05, 4.69) is 4.57 Å². The van der Waals surface area contributed by atoms with E-state index in [1.54, 1.807) is 24.3 Å². The molecule has 2 saturated heterocycles. The third-order valence-electron chi connectivity index (χ3n) is 6.02. The van der Waals surface area contributed by atoms with Crippen molar-refractivity contribution in [3.63, 3.8) is 0 Å². The third kappa shape index (κ3) is 4.81. The molecule has 10 heteroatoms. The predicted octanol–water partition coefficient (Wildman–Crippen LogP) is 3.67. The molecule has 0 radical (unpaired) electrons. The van der Waals surface area contributed by atoms with Crippen molar-refractivity contribution in [2.45, 2.75) is 41.3 Å². The summed E-state index contributed by atoms with van der Waals surface area (Å²) < 4.78 is 55.0. The van der Waals surface area contributed by atoms with Gasteiger partial charge in [-0.1, -0.05) is 30.0 Å². The van der Waals surface area contributed by atoms with Gasteiger partial charge in [0.25, 0.3) is 0 Å². The minimum atomic E-state index is -3.62. The number of benzene rings is 2. The molecule has 2 aliphatic heterocycles. The van der Waals surface area contributed by atoms with Gasteiger partial charge in [-0.15, -0.1) is 0 Å². The first kappa shape index (κ1) is 22.8. The molecule has 0 spiro atoms. The summed E-state index contributed by atoms with van der Waals surface area (Å²) >= 11 is 1.44. The Hall–Kier alpha value is -1.98. The highest BCUT2D eigenvalue weighted by Crippen LogP contribution is 2.31. The second kappa shape index (κ2) is 9.71. The fraction of sp³-hybridized carbons (Fsp3) is 0.435. The number of nitrogens with zero attached hydrogens (tertiary/aromatic N) is 3. The monoisotopic (exact) mass is 491 g/mol. The van der Waals surface area contributed by atoms with Crippen LogP contribution in [0.5, 0.6) is 0 Å². The van der Waals surface area contributed by atoms with Gasteiger partial charge in [0, 0.05) is 25.4 Å². The van der Waals surface area contributed by atoms with Gasteiger partial charge in [0.2, 0.25) is 10.0 Å². The van der Waals surface area contributed by atoms with E-state index in [9.17, 15) is 12.8 Å². The van der Waals surface area contributed by atoms with Crippen molar-refractivity contribution in [2.75, 3.05) is 32.9 Å². The van der Waals surface area contributed by atoms with Crippen LogP contribution in [0.15, 0.2) is 52.5 Å². The van der Waals surface area contributed by atoms with Crippen LogP contribution in [0.1, 0.15) is 18.4 Å². The second-order valence-electron chi connectivity index (χ2n) is 8.19. The number of imidazole rings is 1. The summed E-state index contributed by atoms with van der Waals surface area (Å²) in [6.45, 7) is 2.86. The highest BCUT2D eigenvalue weighted by molar-refractivity contribution is 7.98. The van der Waals surface area contributed by atoms with Gasteiger partial charge >= 0.3 is 0 Å². The maximum absolute atomic E-state index is 14.1. The van der Waals surface area contributed by atoms with Crippen LogP contribution in [-0.4, -0.2) is 61.3 Å². The van der Waals surface area contributed by atoms with E-state index in [-0.39, 0.29) is 16.8 Å². The van der Waals surface area contributed by atoms with Gasteiger partial charge in [-0.05, 0) is 42.7 Å². The fourth-order valence-electron chi connectivity index (χ4n) is 4.22. The maximum Gasteiger partial charge on any atom is 0.243 e. The molecule has 1 atom stereocenters. The molecule has 2 aliphatic rings. The molecule has 176 valence electrons. The summed E-state index contributed by atoms with van der Waals surface area (Å²) in [7, 11) is -3.62. The third-order valence-corrected chi connectivity index (χ3v) is 8.94. The Morgan fingerprint density at radius 1 is 1.12 bits per heavy atom. The topological polar surface area (TPSA) is 73.7 Å². The highest BCUT2D eigenvalue weighted by Gasteiger charge is 2.28. The Morgan fingerprint density at radius 3 is 2.70 bits per heavy atom. The summed E-state index contributed by atoms with van der Waals surface area (Å²) in [6, 6.07) is 11.8. The SMILES string of the molecule is O=S(=O)(c1ccc2c(c1)nc(SCc1ccccc1F)n2C[C@H]1CCCO1)N1CCOCC1. The number of hydrogen-bond acceptors (Lipinski definition) is 6. The summed E-state index contributed by atoms with van der Waals surface area (Å²) in [4.78, 5) is 4.99. The molecule has 2 aromatic carbocycles. The average Bonchev–Trinajstić information content (AvgIpc) is 3.47. The van der Waals surface area contributed by atoms with Crippen molar-refractivity contribution in [2.24, 2.45) is 0 Å². The normalized spacial score (nSPS) is 20.0. The van der Waals surface area contributed by atoms with Gasteiger partial charge in [0.1, 0.15) is 5.82 Å². The molecule has 0 aliphatic carbocycles. The van der Waals surface area contributed by atoms with Gasteiger partial charge in [-0.3, -0.25) is 0 Å². The van der Waals surface area contributed by atoms with E-state index in [0.717, 1.165) is 30.1 Å². The number of morpholine rings is 1.